The van der Waals surface area contributed by atoms with Gasteiger partial charge in [0.15, 0.2) is 4.34 Å². The minimum absolute atomic E-state index is 0.0238. The van der Waals surface area contributed by atoms with Gasteiger partial charge in [-0.25, -0.2) is 0 Å². The Morgan fingerprint density at radius 2 is 2.20 bits per heavy atom. The van der Waals surface area contributed by atoms with Gasteiger partial charge in [-0.05, 0) is 24.6 Å². The first-order valence-electron chi connectivity index (χ1n) is 7.99. The summed E-state index contributed by atoms with van der Waals surface area (Å²) in [6.45, 7) is 3.46. The molecule has 1 atom stereocenters. The van der Waals surface area contributed by atoms with Gasteiger partial charge < -0.3 is 10.2 Å². The molecule has 1 saturated heterocycles. The van der Waals surface area contributed by atoms with Crippen LogP contribution in [0.15, 0.2) is 28.9 Å². The lowest BCUT2D eigenvalue weighted by Crippen LogP contribution is -2.34. The molecule has 7 nitrogen and oxygen atoms in total. The van der Waals surface area contributed by atoms with Crippen LogP contribution >= 0.6 is 23.1 Å². The van der Waals surface area contributed by atoms with E-state index >= 15 is 0 Å². The minimum Gasteiger partial charge on any atom is -0.355 e. The van der Waals surface area contributed by atoms with Crippen LogP contribution in [0.3, 0.4) is 0 Å². The van der Waals surface area contributed by atoms with Gasteiger partial charge in [0.25, 0.3) is 0 Å². The summed E-state index contributed by atoms with van der Waals surface area (Å²) in [5, 5.41) is 11.8. The fraction of sp³-hybridized carbons (Fsp3) is 0.438. The zero-order valence-corrected chi connectivity index (χ0v) is 15.5. The molecule has 0 radical (unpaired) electrons. The van der Waals surface area contributed by atoms with Crippen molar-refractivity contribution in [3.8, 4) is 0 Å². The van der Waals surface area contributed by atoms with E-state index in [1.165, 1.54) is 0 Å². The maximum atomic E-state index is 12.3. The molecule has 2 amide bonds. The van der Waals surface area contributed by atoms with Crippen LogP contribution in [-0.2, 0) is 16.1 Å². The molecule has 0 saturated carbocycles. The Bertz CT molecular complexity index is 737. The molecule has 132 valence electrons. The van der Waals surface area contributed by atoms with E-state index in [1.807, 2.05) is 19.1 Å². The van der Waals surface area contributed by atoms with Crippen LogP contribution in [0, 0.1) is 12.8 Å². The van der Waals surface area contributed by atoms with Crippen molar-refractivity contribution < 1.29 is 9.59 Å². The van der Waals surface area contributed by atoms with E-state index in [4.69, 9.17) is 0 Å². The van der Waals surface area contributed by atoms with Crippen LogP contribution in [0.25, 0.3) is 0 Å². The summed E-state index contributed by atoms with van der Waals surface area (Å²) in [5.74, 6) is 0.431. The smallest absolute Gasteiger partial charge is 0.225 e. The molecular formula is C16H19N5O2S2. The number of hydrogen-bond acceptors (Lipinski definition) is 7. The molecule has 3 rings (SSSR count). The van der Waals surface area contributed by atoms with E-state index in [1.54, 1.807) is 40.4 Å². The molecule has 0 unspecified atom stereocenters. The molecule has 0 aliphatic carbocycles. The highest BCUT2D eigenvalue weighted by Crippen LogP contribution is 2.22. The Morgan fingerprint density at radius 3 is 2.92 bits per heavy atom. The number of nitrogens with zero attached hydrogens (tertiary/aromatic N) is 4. The van der Waals surface area contributed by atoms with Gasteiger partial charge in [-0.1, -0.05) is 23.1 Å². The molecule has 1 aliphatic rings. The van der Waals surface area contributed by atoms with E-state index in [2.05, 4.69) is 20.5 Å². The highest BCUT2D eigenvalue weighted by Gasteiger charge is 2.33. The van der Waals surface area contributed by atoms with Gasteiger partial charge in [-0.2, -0.15) is 0 Å². The average molecular weight is 377 g/mol. The van der Waals surface area contributed by atoms with Gasteiger partial charge in [0.1, 0.15) is 5.01 Å². The van der Waals surface area contributed by atoms with Crippen LogP contribution in [0.2, 0.25) is 0 Å². The molecule has 25 heavy (non-hydrogen) atoms. The SMILES string of the molecule is Cc1nnc(SCCNC(=O)[C@H]2CC(=O)N(Cc3ccncc3)C2)s1. The summed E-state index contributed by atoms with van der Waals surface area (Å²) in [6.07, 6.45) is 3.69. The fourth-order valence-corrected chi connectivity index (χ4v) is 4.34. The Labute approximate surface area is 154 Å². The van der Waals surface area contributed by atoms with E-state index in [0.29, 0.717) is 19.6 Å². The molecule has 9 heteroatoms. The number of thioether (sulfide) groups is 1. The molecule has 0 spiro atoms. The van der Waals surface area contributed by atoms with Crippen LogP contribution in [0.1, 0.15) is 17.0 Å². The van der Waals surface area contributed by atoms with E-state index in [9.17, 15) is 9.59 Å². The molecular weight excluding hydrogens is 358 g/mol. The summed E-state index contributed by atoms with van der Waals surface area (Å²) >= 11 is 3.12. The Morgan fingerprint density at radius 1 is 1.40 bits per heavy atom. The number of carbonyl (C=O) groups excluding carboxylic acids is 2. The van der Waals surface area contributed by atoms with Crippen molar-refractivity contribution in [3.05, 3.63) is 35.1 Å². The maximum absolute atomic E-state index is 12.3. The molecule has 3 heterocycles. The predicted molar refractivity (Wildman–Crippen MR) is 96.1 cm³/mol. The van der Waals surface area contributed by atoms with Gasteiger partial charge in [-0.15, -0.1) is 10.2 Å². The molecule has 1 N–H and O–H groups in total. The van der Waals surface area contributed by atoms with E-state index in [-0.39, 0.29) is 24.2 Å². The number of pyridine rings is 1. The average Bonchev–Trinajstić information content (AvgIpc) is 3.18. The summed E-state index contributed by atoms with van der Waals surface area (Å²) in [6, 6.07) is 3.76. The monoisotopic (exact) mass is 377 g/mol. The quantitative estimate of drug-likeness (QED) is 0.581. The second-order valence-electron chi connectivity index (χ2n) is 5.76. The zero-order valence-electron chi connectivity index (χ0n) is 13.8. The number of likely N-dealkylation sites (tertiary alicyclic amines) is 1. The van der Waals surface area contributed by atoms with E-state index in [0.717, 1.165) is 20.7 Å². The standard InChI is InChI=1S/C16H19N5O2S2/c1-11-19-20-16(25-11)24-7-6-18-15(23)13-8-14(22)21(10-13)9-12-2-4-17-5-3-12/h2-5,13H,6-10H2,1H3,(H,18,23)/t13-/m0/s1. The number of amides is 2. The number of hydrogen-bond donors (Lipinski definition) is 1. The molecule has 0 aromatic carbocycles. The van der Waals surface area contributed by atoms with Gasteiger partial charge in [-0.3, -0.25) is 14.6 Å². The molecule has 1 fully saturated rings. The zero-order chi connectivity index (χ0) is 17.6. The van der Waals surface area contributed by atoms with Gasteiger partial charge >= 0.3 is 0 Å². The molecule has 2 aromatic rings. The summed E-state index contributed by atoms with van der Waals surface area (Å²) in [7, 11) is 0. The van der Waals surface area contributed by atoms with Crippen molar-refractivity contribution in [3.63, 3.8) is 0 Å². The lowest BCUT2D eigenvalue weighted by Gasteiger charge is -2.16. The molecule has 0 bridgehead atoms. The summed E-state index contributed by atoms with van der Waals surface area (Å²) in [5.41, 5.74) is 1.02. The van der Waals surface area contributed by atoms with Crippen molar-refractivity contribution in [1.82, 2.24) is 25.4 Å². The van der Waals surface area contributed by atoms with Gasteiger partial charge in [0.05, 0.1) is 5.92 Å². The van der Waals surface area contributed by atoms with Crippen molar-refractivity contribution in [1.29, 1.82) is 0 Å². The van der Waals surface area contributed by atoms with Gasteiger partial charge in [0, 0.05) is 44.2 Å². The molecule has 1 aliphatic heterocycles. The Kier molecular flexibility index (Phi) is 5.98. The lowest BCUT2D eigenvalue weighted by molar-refractivity contribution is -0.129. The topological polar surface area (TPSA) is 88.1 Å². The normalized spacial score (nSPS) is 17.1. The predicted octanol–water partition coefficient (Wildman–Crippen LogP) is 1.50. The highest BCUT2D eigenvalue weighted by molar-refractivity contribution is 8.01. The molecule has 2 aromatic heterocycles. The first-order valence-corrected chi connectivity index (χ1v) is 9.79. The number of nitrogens with one attached hydrogen (secondary N) is 1. The second-order valence-corrected chi connectivity index (χ2v) is 8.28. The van der Waals surface area contributed by atoms with Crippen molar-refractivity contribution >= 4 is 34.9 Å². The summed E-state index contributed by atoms with van der Waals surface area (Å²) < 4.78 is 0.909. The van der Waals surface area contributed by atoms with Crippen LogP contribution in [-0.4, -0.2) is 50.7 Å². The van der Waals surface area contributed by atoms with Crippen LogP contribution in [0.4, 0.5) is 0 Å². The number of carbonyl (C=O) groups is 2. The first-order chi connectivity index (χ1) is 12.1. The highest BCUT2D eigenvalue weighted by atomic mass is 32.2. The van der Waals surface area contributed by atoms with Crippen LogP contribution < -0.4 is 5.32 Å². The van der Waals surface area contributed by atoms with E-state index < -0.39 is 0 Å². The van der Waals surface area contributed by atoms with Crippen molar-refractivity contribution in [2.75, 3.05) is 18.8 Å². The lowest BCUT2D eigenvalue weighted by atomic mass is 10.1. The largest absolute Gasteiger partial charge is 0.355 e. The second kappa shape index (κ2) is 8.39. The Hall–Kier alpha value is -2.00. The third kappa shape index (κ3) is 4.99. The summed E-state index contributed by atoms with van der Waals surface area (Å²) in [4.78, 5) is 30.1. The maximum Gasteiger partial charge on any atom is 0.225 e. The van der Waals surface area contributed by atoms with Crippen molar-refractivity contribution in [2.45, 2.75) is 24.2 Å². The first kappa shape index (κ1) is 17.8. The van der Waals surface area contributed by atoms with Crippen LogP contribution in [0.5, 0.6) is 0 Å². The fourth-order valence-electron chi connectivity index (χ4n) is 2.60. The Balaban J connectivity index is 1.41. The minimum atomic E-state index is -0.275. The van der Waals surface area contributed by atoms with Crippen molar-refractivity contribution in [2.24, 2.45) is 5.92 Å². The third-order valence-corrected chi connectivity index (χ3v) is 5.82. The number of rotatable bonds is 7. The number of aryl methyl sites for hydroxylation is 1. The van der Waals surface area contributed by atoms with Gasteiger partial charge in [0.2, 0.25) is 11.8 Å². The third-order valence-electron chi connectivity index (χ3n) is 3.84. The number of aromatic nitrogens is 3.